The molecule has 54 heteroatoms. The monoisotopic (exact) mass is 2000 g/mol. The lowest BCUT2D eigenvalue weighted by Crippen LogP contribution is -2.60. The van der Waals surface area contributed by atoms with Crippen LogP contribution in [0, 0.1) is 32.5 Å². The second-order valence-corrected chi connectivity index (χ2v) is 33.7. The van der Waals surface area contributed by atoms with Crippen molar-refractivity contribution < 1.29 is 96.7 Å². The molecule has 2 heterocycles. The number of nitrogens with two attached hydrogens (primary N) is 9. The summed E-state index contributed by atoms with van der Waals surface area (Å²) >= 11 is 0. The third-order valence-electron chi connectivity index (χ3n) is 22.6. The first-order valence-electron chi connectivity index (χ1n) is 46.5. The van der Waals surface area contributed by atoms with E-state index in [1.807, 2.05) is 0 Å². The third-order valence-corrected chi connectivity index (χ3v) is 22.6. The van der Waals surface area contributed by atoms with Crippen molar-refractivity contribution in [2.45, 2.75) is 207 Å². The van der Waals surface area contributed by atoms with E-state index in [2.05, 4.69) is 101 Å². The van der Waals surface area contributed by atoms with Crippen molar-refractivity contribution in [1.29, 1.82) is 32.5 Å². The SMILES string of the molecule is CNC(=N)NCCC[C@H](NC(=O)[C@H](CCCNC(=N)N)NC(=O)[C@H](CCCNC(=N)N)NC(=O)[C@H](CCC(N)=O)NC(=O)[C@H](CCCNC(=N)N)NC(=O)[C@H](CCCNC(=N)N)NC(=O)[C@H](CCCCN)NC(=O)[C@H](CCCCN)NC(=O)[C@H](CCCNC(=N)N)NC(=O)CNC(=O)[C@H](Cc1ccc(O)cc1)NC(=O)CCNC(=O)c1ccc2c(c1)C1(OC2=O)c2ccc(O)cc2Oc2cc(O)ccc21)C(N)=O. The summed E-state index contributed by atoms with van der Waals surface area (Å²) in [6.45, 7) is -0.905. The van der Waals surface area contributed by atoms with E-state index in [1.54, 1.807) is 0 Å². The van der Waals surface area contributed by atoms with E-state index in [1.165, 1.54) is 85.9 Å². The zero-order valence-electron chi connectivity index (χ0n) is 79.4. The van der Waals surface area contributed by atoms with Crippen molar-refractivity contribution in [3.63, 3.8) is 0 Å². The summed E-state index contributed by atoms with van der Waals surface area (Å²) in [6, 6.07) is 2.70. The number of guanidine groups is 6. The van der Waals surface area contributed by atoms with Crippen LogP contribution >= 0.6 is 0 Å². The van der Waals surface area contributed by atoms with E-state index in [0.29, 0.717) is 23.1 Å². The lowest BCUT2D eigenvalue weighted by Gasteiger charge is -2.36. The number of phenolic OH excluding ortho intramolecular Hbond substituents is 3. The van der Waals surface area contributed by atoms with Crippen LogP contribution in [0.15, 0.2) is 78.9 Å². The van der Waals surface area contributed by atoms with Gasteiger partial charge in [-0.05, 0) is 195 Å². The van der Waals surface area contributed by atoms with Crippen LogP contribution in [-0.2, 0) is 79.1 Å². The Morgan fingerprint density at radius 3 is 1.07 bits per heavy atom. The molecule has 6 rings (SSSR count). The molecule has 2 aliphatic rings. The van der Waals surface area contributed by atoms with Gasteiger partial charge in [0.15, 0.2) is 41.4 Å². The topological polar surface area (TPSA) is 941 Å². The van der Waals surface area contributed by atoms with Gasteiger partial charge in [-0.15, -0.1) is 0 Å². The van der Waals surface area contributed by atoms with Gasteiger partial charge in [0, 0.05) is 107 Å². The minimum absolute atomic E-state index is 0.00128. The second kappa shape index (κ2) is 59.2. The van der Waals surface area contributed by atoms with Gasteiger partial charge in [0.25, 0.3) is 5.91 Å². The molecular weight excluding hydrogens is 1870 g/mol. The number of esters is 1. The molecule has 4 aromatic rings. The first kappa shape index (κ1) is 115. The maximum Gasteiger partial charge on any atom is 0.340 e. The minimum Gasteiger partial charge on any atom is -0.508 e. The summed E-state index contributed by atoms with van der Waals surface area (Å²) < 4.78 is 12.2. The van der Waals surface area contributed by atoms with Crippen LogP contribution < -0.4 is 157 Å². The summed E-state index contributed by atoms with van der Waals surface area (Å²) in [5.41, 5.74) is 50.6. The average Bonchev–Trinajstić information content (AvgIpc) is 1.56. The van der Waals surface area contributed by atoms with Crippen molar-refractivity contribution >= 4 is 124 Å². The standard InChI is InChI=1S/C89H136N34O20/c1-105-88(104)112-40-6-14-56(71(93)130)116-75(134)60(16-8-36-108-84(96)97)119-79(138)62(18-10-38-110-86(100)101)122-81(140)64(30-31-68(92)127)123-80(139)63(19-11-39-111-87(102)103)121-78(137)61(17-9-37-109-85(98)99)120-77(136)59(13-3-5-34-91)118-76(135)58(12-2-4-33-90)117-74(133)57(15-7-35-107-83(94)95)114-70(129)46-113-73(132)65(42-47-20-23-49(124)24-21-47)115-69(128)32-41-106-72(131)48-22-27-52-55(43-48)89(143-82(52)141)53-28-25-50(125)44-66(53)142-67-45-51(126)26-29-54(67)89/h20-29,43-45,56-65,124-126H,2-19,30-42,46,90-91H2,1H3,(H2,92,127)(H2,93,130)(H,106,131)(H,113,132)(H,114,129)(H,115,128)(H,116,134)(H,117,133)(H,118,135)(H,119,138)(H,120,136)(H,121,137)(H,122,140)(H,123,139)(H4,94,95,107)(H4,96,97,108)(H4,98,99,109)(H4,100,101,110)(H4,102,103,111)(H3,104,105,112)/t56-,57-,58-,59-,60-,61-,62-,63-,64-,65-/m0/s1. The highest BCUT2D eigenvalue weighted by Crippen LogP contribution is 2.57. The Bertz CT molecular complexity index is 5110. The Kier molecular flexibility index (Phi) is 47.8. The van der Waals surface area contributed by atoms with Crippen molar-refractivity contribution in [2.75, 3.05) is 72.5 Å². The Labute approximate surface area is 823 Å². The second-order valence-electron chi connectivity index (χ2n) is 33.7. The van der Waals surface area contributed by atoms with Gasteiger partial charge in [-0.3, -0.25) is 99.6 Å². The van der Waals surface area contributed by atoms with Gasteiger partial charge in [0.1, 0.15) is 89.2 Å². The highest BCUT2D eigenvalue weighted by atomic mass is 16.6. The number of hydrogen-bond acceptors (Lipinski definition) is 28. The fourth-order valence-corrected chi connectivity index (χ4v) is 15.3. The molecule has 0 saturated heterocycles. The predicted octanol–water partition coefficient (Wildman–Crippen LogP) is -7.45. The highest BCUT2D eigenvalue weighted by molar-refractivity contribution is 6.03. The molecule has 0 unspecified atom stereocenters. The smallest absolute Gasteiger partial charge is 0.340 e. The summed E-state index contributed by atoms with van der Waals surface area (Å²) in [5.74, 6) is -16.6. The van der Waals surface area contributed by atoms with Crippen molar-refractivity contribution in [3.05, 3.63) is 112 Å². The van der Waals surface area contributed by atoms with Crippen LogP contribution in [-0.4, -0.2) is 273 Å². The molecule has 10 atom stereocenters. The van der Waals surface area contributed by atoms with Gasteiger partial charge >= 0.3 is 5.97 Å². The maximum atomic E-state index is 15.0. The van der Waals surface area contributed by atoms with E-state index in [0.717, 1.165) is 0 Å². The van der Waals surface area contributed by atoms with Crippen LogP contribution in [0.5, 0.6) is 28.7 Å². The van der Waals surface area contributed by atoms with Crippen LogP contribution in [0.4, 0.5) is 0 Å². The number of carbonyl (C=O) groups excluding carboxylic acids is 15. The van der Waals surface area contributed by atoms with Crippen molar-refractivity contribution in [1.82, 2.24) is 101 Å². The molecular formula is C89H136N34O20. The summed E-state index contributed by atoms with van der Waals surface area (Å²) in [5, 5.41) is 127. The largest absolute Gasteiger partial charge is 0.508 e. The lowest BCUT2D eigenvalue weighted by molar-refractivity contribution is -0.136. The Morgan fingerprint density at radius 1 is 0.350 bits per heavy atom. The third kappa shape index (κ3) is 39.1. The summed E-state index contributed by atoms with van der Waals surface area (Å²) in [7, 11) is 1.51. The van der Waals surface area contributed by atoms with Gasteiger partial charge in [-0.1, -0.05) is 12.1 Å². The number of ether oxygens (including phenoxy) is 2. The van der Waals surface area contributed by atoms with Gasteiger partial charge in [0.2, 0.25) is 76.8 Å². The molecule has 4 aromatic carbocycles. The van der Waals surface area contributed by atoms with E-state index in [4.69, 9.17) is 93.5 Å². The number of primary amides is 2. The predicted molar refractivity (Wildman–Crippen MR) is 522 cm³/mol. The van der Waals surface area contributed by atoms with Gasteiger partial charge in [0.05, 0.1) is 12.1 Å². The molecule has 0 aromatic heterocycles. The first-order valence-corrected chi connectivity index (χ1v) is 46.5. The number of hydrogen-bond donors (Lipinski definition) is 37. The van der Waals surface area contributed by atoms with Crippen LogP contribution in [0.2, 0.25) is 0 Å². The maximum absolute atomic E-state index is 15.0. The van der Waals surface area contributed by atoms with E-state index in [9.17, 15) is 77.6 Å². The van der Waals surface area contributed by atoms with Crippen LogP contribution in [0.1, 0.15) is 178 Å². The molecule has 0 bridgehead atoms. The number of phenols is 3. The lowest BCUT2D eigenvalue weighted by atomic mass is 9.77. The number of carbonyl (C=O) groups is 15. The number of amides is 14. The quantitative estimate of drug-likeness (QED) is 0.00845. The summed E-state index contributed by atoms with van der Waals surface area (Å²) in [4.78, 5) is 213. The Balaban J connectivity index is 1.21. The van der Waals surface area contributed by atoms with E-state index >= 15 is 9.59 Å². The molecule has 0 fully saturated rings. The molecule has 143 heavy (non-hydrogen) atoms. The average molecular weight is 2000 g/mol. The molecule has 46 N–H and O–H groups in total. The number of rotatable bonds is 63. The Morgan fingerprint density at radius 2 is 0.699 bits per heavy atom. The van der Waals surface area contributed by atoms with Crippen molar-refractivity contribution in [3.8, 4) is 28.7 Å². The Hall–Kier alpha value is -16.3. The molecule has 0 saturated carbocycles. The molecule has 14 amide bonds. The van der Waals surface area contributed by atoms with Crippen molar-refractivity contribution in [2.24, 2.45) is 51.6 Å². The fraction of sp³-hybridized carbons (Fsp3) is 0.494. The van der Waals surface area contributed by atoms with E-state index in [-0.39, 0.29) is 226 Å². The zero-order chi connectivity index (χ0) is 105. The van der Waals surface area contributed by atoms with Gasteiger partial charge < -0.3 is 177 Å². The number of benzene rings is 4. The fourth-order valence-electron chi connectivity index (χ4n) is 15.3. The van der Waals surface area contributed by atoms with Gasteiger partial charge in [-0.2, -0.15) is 0 Å². The molecule has 0 aliphatic carbocycles. The van der Waals surface area contributed by atoms with Crippen LogP contribution in [0.25, 0.3) is 0 Å². The molecule has 0 radical (unpaired) electrons. The molecule has 54 nitrogen and oxygen atoms in total. The molecule has 1 spiro atoms. The number of aromatic hydroxyl groups is 3. The number of unbranched alkanes of at least 4 members (excludes halogenated alkanes) is 2. The summed E-state index contributed by atoms with van der Waals surface area (Å²) in [6.07, 6.45) is -2.04. The number of fused-ring (bicyclic) bond motifs is 6. The van der Waals surface area contributed by atoms with Gasteiger partial charge in [-0.25, -0.2) is 4.79 Å². The number of nitrogens with one attached hydrogen (secondary N) is 25. The zero-order valence-corrected chi connectivity index (χ0v) is 79.4. The van der Waals surface area contributed by atoms with E-state index < -0.39 is 210 Å². The molecule has 782 valence electrons. The highest BCUT2D eigenvalue weighted by Gasteiger charge is 2.54. The minimum atomic E-state index is -1.77. The van der Waals surface area contributed by atoms with Crippen LogP contribution in [0.3, 0.4) is 0 Å². The first-order chi connectivity index (χ1) is 68.1. The molecule has 2 aliphatic heterocycles. The normalized spacial score (nSPS) is 13.8.